The number of rotatable bonds is 2. The molecule has 0 saturated heterocycles. The molecule has 58 valence electrons. The van der Waals surface area contributed by atoms with Crippen LogP contribution in [-0.2, 0) is 0 Å². The Morgan fingerprint density at radius 3 is 3.09 bits per heavy atom. The van der Waals surface area contributed by atoms with Gasteiger partial charge in [-0.3, -0.25) is 4.99 Å². The normalized spacial score (nSPS) is 10.4. The minimum absolute atomic E-state index is 0.797. The number of aliphatic imine (C=N–C) groups is 1. The topological polar surface area (TPSA) is 50.2 Å². The summed E-state index contributed by atoms with van der Waals surface area (Å²) < 4.78 is 0. The summed E-state index contributed by atoms with van der Waals surface area (Å²) in [5.41, 5.74) is 1.01. The molecule has 1 N–H and O–H groups in total. The van der Waals surface area contributed by atoms with E-state index in [0.717, 1.165) is 11.4 Å². The highest BCUT2D eigenvalue weighted by molar-refractivity contribution is 5.74. The molecule has 0 radical (unpaired) electrons. The van der Waals surface area contributed by atoms with Crippen molar-refractivity contribution in [3.8, 4) is 0 Å². The maximum atomic E-state index is 4.00. The van der Waals surface area contributed by atoms with Crippen LogP contribution in [0.4, 0.5) is 5.82 Å². The van der Waals surface area contributed by atoms with E-state index in [-0.39, 0.29) is 0 Å². The Hall–Kier alpha value is -1.45. The molecule has 0 amide bonds. The van der Waals surface area contributed by atoms with E-state index >= 15 is 0 Å². The molecule has 0 aliphatic heterocycles. The van der Waals surface area contributed by atoms with Crippen LogP contribution in [0, 0.1) is 6.92 Å². The minimum Gasteiger partial charge on any atom is -0.331 e. The highest BCUT2D eigenvalue weighted by atomic mass is 15.0. The second kappa shape index (κ2) is 3.65. The third-order valence-electron chi connectivity index (χ3n) is 1.23. The van der Waals surface area contributed by atoms with Gasteiger partial charge < -0.3 is 5.32 Å². The van der Waals surface area contributed by atoms with Gasteiger partial charge in [-0.15, -0.1) is 0 Å². The van der Waals surface area contributed by atoms with E-state index in [1.807, 2.05) is 6.92 Å². The van der Waals surface area contributed by atoms with Crippen LogP contribution in [0.3, 0.4) is 0 Å². The first-order valence-electron chi connectivity index (χ1n) is 3.28. The fourth-order valence-corrected chi connectivity index (χ4v) is 0.676. The summed E-state index contributed by atoms with van der Waals surface area (Å²) >= 11 is 0. The largest absolute Gasteiger partial charge is 0.331 e. The van der Waals surface area contributed by atoms with E-state index < -0.39 is 0 Å². The standard InChI is InChI=1S/C7H10N4/c1-6-3-9-5-11-7(6)10-4-8-2/h3-5H,1-2H3,(H,8,9,10,11). The summed E-state index contributed by atoms with van der Waals surface area (Å²) in [5.74, 6) is 0.797. The number of hydrogen-bond donors (Lipinski definition) is 1. The summed E-state index contributed by atoms with van der Waals surface area (Å²) in [6.07, 6.45) is 4.84. The highest BCUT2D eigenvalue weighted by Gasteiger charge is 1.93. The van der Waals surface area contributed by atoms with Crippen molar-refractivity contribution in [1.29, 1.82) is 0 Å². The van der Waals surface area contributed by atoms with Crippen LogP contribution >= 0.6 is 0 Å². The molecule has 1 aromatic heterocycles. The zero-order valence-corrected chi connectivity index (χ0v) is 6.57. The second-order valence-electron chi connectivity index (χ2n) is 2.09. The predicted molar refractivity (Wildman–Crippen MR) is 44.8 cm³/mol. The van der Waals surface area contributed by atoms with Gasteiger partial charge in [0, 0.05) is 18.8 Å². The van der Waals surface area contributed by atoms with Crippen LogP contribution in [0.15, 0.2) is 17.5 Å². The van der Waals surface area contributed by atoms with Crippen molar-refractivity contribution >= 4 is 12.2 Å². The van der Waals surface area contributed by atoms with E-state index in [9.17, 15) is 0 Å². The Balaban J connectivity index is 2.77. The fourth-order valence-electron chi connectivity index (χ4n) is 0.676. The fraction of sp³-hybridized carbons (Fsp3) is 0.286. The van der Waals surface area contributed by atoms with Gasteiger partial charge in [-0.25, -0.2) is 9.97 Å². The van der Waals surface area contributed by atoms with Gasteiger partial charge in [0.05, 0.1) is 6.34 Å². The molecule has 0 aliphatic carbocycles. The van der Waals surface area contributed by atoms with Crippen LogP contribution in [0.2, 0.25) is 0 Å². The van der Waals surface area contributed by atoms with Crippen molar-refractivity contribution in [1.82, 2.24) is 9.97 Å². The van der Waals surface area contributed by atoms with E-state index in [2.05, 4.69) is 20.3 Å². The summed E-state index contributed by atoms with van der Waals surface area (Å²) in [6, 6.07) is 0. The minimum atomic E-state index is 0.797. The maximum Gasteiger partial charge on any atom is 0.137 e. The number of nitrogens with one attached hydrogen (secondary N) is 1. The lowest BCUT2D eigenvalue weighted by Crippen LogP contribution is -1.99. The lowest BCUT2D eigenvalue weighted by Gasteiger charge is -2.00. The molecule has 0 fully saturated rings. The molecule has 0 atom stereocenters. The predicted octanol–water partition coefficient (Wildman–Crippen LogP) is 0.855. The Morgan fingerprint density at radius 1 is 1.64 bits per heavy atom. The Morgan fingerprint density at radius 2 is 2.45 bits per heavy atom. The van der Waals surface area contributed by atoms with Gasteiger partial charge in [0.25, 0.3) is 0 Å². The van der Waals surface area contributed by atoms with Crippen molar-refractivity contribution in [3.05, 3.63) is 18.1 Å². The van der Waals surface area contributed by atoms with Crippen LogP contribution in [-0.4, -0.2) is 23.4 Å². The maximum absolute atomic E-state index is 4.00. The van der Waals surface area contributed by atoms with Gasteiger partial charge in [0.1, 0.15) is 12.1 Å². The lowest BCUT2D eigenvalue weighted by atomic mass is 10.3. The summed E-state index contributed by atoms with van der Waals surface area (Å²) in [6.45, 7) is 1.94. The van der Waals surface area contributed by atoms with Gasteiger partial charge in [0.2, 0.25) is 0 Å². The average molecular weight is 150 g/mol. The van der Waals surface area contributed by atoms with Crippen molar-refractivity contribution in [2.75, 3.05) is 12.4 Å². The summed E-state index contributed by atoms with van der Waals surface area (Å²) in [7, 11) is 1.70. The van der Waals surface area contributed by atoms with E-state index in [1.54, 1.807) is 19.6 Å². The van der Waals surface area contributed by atoms with Gasteiger partial charge in [-0.2, -0.15) is 0 Å². The van der Waals surface area contributed by atoms with Crippen LogP contribution in [0.1, 0.15) is 5.56 Å². The summed E-state index contributed by atoms with van der Waals surface area (Å²) in [4.78, 5) is 11.6. The van der Waals surface area contributed by atoms with Crippen molar-refractivity contribution in [2.24, 2.45) is 4.99 Å². The van der Waals surface area contributed by atoms with Crippen molar-refractivity contribution in [3.63, 3.8) is 0 Å². The van der Waals surface area contributed by atoms with E-state index in [4.69, 9.17) is 0 Å². The highest BCUT2D eigenvalue weighted by Crippen LogP contribution is 2.05. The Kier molecular flexibility index (Phi) is 2.54. The number of aryl methyl sites for hydroxylation is 1. The van der Waals surface area contributed by atoms with Crippen LogP contribution < -0.4 is 5.32 Å². The monoisotopic (exact) mass is 150 g/mol. The van der Waals surface area contributed by atoms with E-state index in [0.29, 0.717) is 0 Å². The first-order chi connectivity index (χ1) is 5.34. The van der Waals surface area contributed by atoms with Crippen LogP contribution in [0.5, 0.6) is 0 Å². The molecule has 0 unspecified atom stereocenters. The molecule has 0 aromatic carbocycles. The number of nitrogens with zero attached hydrogens (tertiary/aromatic N) is 3. The zero-order chi connectivity index (χ0) is 8.10. The van der Waals surface area contributed by atoms with Gasteiger partial charge in [-0.1, -0.05) is 0 Å². The SMILES string of the molecule is CN=CNc1ncncc1C. The Bertz CT molecular complexity index is 256. The molecule has 4 heteroatoms. The zero-order valence-electron chi connectivity index (χ0n) is 6.57. The first-order valence-corrected chi connectivity index (χ1v) is 3.28. The molecular formula is C7H10N4. The molecule has 0 saturated carbocycles. The number of anilines is 1. The third-order valence-corrected chi connectivity index (χ3v) is 1.23. The van der Waals surface area contributed by atoms with Crippen LogP contribution in [0.25, 0.3) is 0 Å². The molecule has 4 nitrogen and oxygen atoms in total. The molecular weight excluding hydrogens is 140 g/mol. The average Bonchev–Trinajstić information content (AvgIpc) is 2.03. The van der Waals surface area contributed by atoms with Crippen molar-refractivity contribution < 1.29 is 0 Å². The molecule has 1 heterocycles. The molecule has 1 rings (SSSR count). The first kappa shape index (κ1) is 7.65. The number of aromatic nitrogens is 2. The summed E-state index contributed by atoms with van der Waals surface area (Å²) in [5, 5.41) is 2.92. The molecule has 1 aromatic rings. The smallest absolute Gasteiger partial charge is 0.137 e. The van der Waals surface area contributed by atoms with Gasteiger partial charge in [-0.05, 0) is 6.92 Å². The van der Waals surface area contributed by atoms with Crippen molar-refractivity contribution in [2.45, 2.75) is 6.92 Å². The third kappa shape index (κ3) is 2.00. The van der Waals surface area contributed by atoms with Gasteiger partial charge in [0.15, 0.2) is 0 Å². The molecule has 11 heavy (non-hydrogen) atoms. The molecule has 0 bridgehead atoms. The lowest BCUT2D eigenvalue weighted by molar-refractivity contribution is 1.13. The van der Waals surface area contributed by atoms with E-state index in [1.165, 1.54) is 6.33 Å². The van der Waals surface area contributed by atoms with Gasteiger partial charge >= 0.3 is 0 Å². The molecule has 0 spiro atoms. The molecule has 0 aliphatic rings. The number of hydrogen-bond acceptors (Lipinski definition) is 3. The second-order valence-corrected chi connectivity index (χ2v) is 2.09. The Labute approximate surface area is 65.4 Å². The quantitative estimate of drug-likeness (QED) is 0.502.